The van der Waals surface area contributed by atoms with E-state index in [9.17, 15) is 13.0 Å². The average molecular weight is 306 g/mol. The Hall–Kier alpha value is -0.500. The van der Waals surface area contributed by atoms with E-state index in [1.807, 2.05) is 6.92 Å². The summed E-state index contributed by atoms with van der Waals surface area (Å²) in [5, 5.41) is 2.76. The molecule has 1 rings (SSSR count). The highest BCUT2D eigenvalue weighted by atomic mass is 32.3. The Morgan fingerprint density at radius 1 is 1.37 bits per heavy atom. The topological polar surface area (TPSA) is 81.3 Å². The fourth-order valence-electron chi connectivity index (χ4n) is 1.70. The van der Waals surface area contributed by atoms with Crippen molar-refractivity contribution in [3.8, 4) is 0 Å². The molecule has 2 N–H and O–H groups in total. The van der Waals surface area contributed by atoms with Crippen molar-refractivity contribution in [2.45, 2.75) is 43.9 Å². The summed E-state index contributed by atoms with van der Waals surface area (Å²) in [6, 6.07) is 0. The van der Waals surface area contributed by atoms with Gasteiger partial charge in [-0.1, -0.05) is 13.0 Å². The summed E-state index contributed by atoms with van der Waals surface area (Å²) in [7, 11) is -3.82. The standard InChI is InChI=1S/C12H22N2O3S2/c1-5-10-18(15)12(8-6-7-9-13-12)19(16,17)14-11(2,3)4/h6-9,13-14H,5,10H2,1-4H3. The zero-order valence-corrected chi connectivity index (χ0v) is 13.4. The predicted octanol–water partition coefficient (Wildman–Crippen LogP) is 1.19. The van der Waals surface area contributed by atoms with E-state index < -0.39 is 30.9 Å². The minimum absolute atomic E-state index is 0.316. The number of hydrogen-bond donors (Lipinski definition) is 2. The van der Waals surface area contributed by atoms with E-state index in [2.05, 4.69) is 10.0 Å². The van der Waals surface area contributed by atoms with Crippen molar-refractivity contribution < 1.29 is 13.0 Å². The zero-order chi connectivity index (χ0) is 14.7. The van der Waals surface area contributed by atoms with Crippen molar-refractivity contribution in [1.29, 1.82) is 0 Å². The summed E-state index contributed by atoms with van der Waals surface area (Å²) in [6.07, 6.45) is 6.89. The first-order valence-corrected chi connectivity index (χ1v) is 8.99. The SMILES string of the molecule is CCC[S+]([O-])C1(S(=O)(=O)NC(C)(C)C)C=CC=CN1. The lowest BCUT2D eigenvalue weighted by molar-refractivity contribution is 0.476. The van der Waals surface area contributed by atoms with Crippen LogP contribution in [-0.4, -0.2) is 28.5 Å². The molecular formula is C12H22N2O3S2. The van der Waals surface area contributed by atoms with Crippen LogP contribution in [0.2, 0.25) is 0 Å². The van der Waals surface area contributed by atoms with Gasteiger partial charge in [-0.05, 0) is 44.4 Å². The average Bonchev–Trinajstić information content (AvgIpc) is 2.27. The second-order valence-corrected chi connectivity index (χ2v) is 9.29. The van der Waals surface area contributed by atoms with Gasteiger partial charge in [0.25, 0.3) is 10.0 Å². The highest BCUT2D eigenvalue weighted by Crippen LogP contribution is 2.28. The highest BCUT2D eigenvalue weighted by molar-refractivity contribution is 8.09. The number of hydrogen-bond acceptors (Lipinski definition) is 4. The van der Waals surface area contributed by atoms with Crippen molar-refractivity contribution in [2.75, 3.05) is 5.75 Å². The summed E-state index contributed by atoms with van der Waals surface area (Å²) in [5.74, 6) is 0.316. The lowest BCUT2D eigenvalue weighted by Gasteiger charge is -2.35. The van der Waals surface area contributed by atoms with E-state index in [0.717, 1.165) is 0 Å². The first-order valence-electron chi connectivity index (χ1n) is 6.19. The summed E-state index contributed by atoms with van der Waals surface area (Å²) >= 11 is -1.57. The summed E-state index contributed by atoms with van der Waals surface area (Å²) in [4.78, 5) is 0. The molecule has 0 fully saturated rings. The molecule has 19 heavy (non-hydrogen) atoms. The Kier molecular flexibility index (Phi) is 5.11. The molecule has 5 nitrogen and oxygen atoms in total. The van der Waals surface area contributed by atoms with Crippen molar-refractivity contribution in [1.82, 2.24) is 10.0 Å². The van der Waals surface area contributed by atoms with Gasteiger partial charge in [0.2, 0.25) is 0 Å². The molecule has 0 aliphatic carbocycles. The molecule has 110 valence electrons. The summed E-state index contributed by atoms with van der Waals surface area (Å²) in [6.45, 7) is 7.13. The van der Waals surface area contributed by atoms with Gasteiger partial charge in [-0.3, -0.25) is 0 Å². The van der Waals surface area contributed by atoms with Gasteiger partial charge in [0.15, 0.2) is 0 Å². The van der Waals surface area contributed by atoms with Gasteiger partial charge in [-0.15, -0.1) is 0 Å². The minimum atomic E-state index is -3.82. The number of nitrogens with one attached hydrogen (secondary N) is 2. The van der Waals surface area contributed by atoms with E-state index in [0.29, 0.717) is 12.2 Å². The second-order valence-electron chi connectivity index (χ2n) is 5.44. The van der Waals surface area contributed by atoms with Crippen LogP contribution < -0.4 is 10.0 Å². The molecular weight excluding hydrogens is 284 g/mol. The van der Waals surface area contributed by atoms with Gasteiger partial charge in [-0.25, -0.2) is 13.1 Å². The Bertz CT molecular complexity index is 466. The van der Waals surface area contributed by atoms with Crippen molar-refractivity contribution in [3.63, 3.8) is 0 Å². The van der Waals surface area contributed by atoms with E-state index in [1.54, 1.807) is 32.9 Å². The highest BCUT2D eigenvalue weighted by Gasteiger charge is 2.53. The van der Waals surface area contributed by atoms with Crippen LogP contribution in [0.1, 0.15) is 34.1 Å². The van der Waals surface area contributed by atoms with Crippen molar-refractivity contribution in [2.24, 2.45) is 0 Å². The third kappa shape index (κ3) is 3.75. The van der Waals surface area contributed by atoms with Crippen LogP contribution in [0.5, 0.6) is 0 Å². The molecule has 0 radical (unpaired) electrons. The van der Waals surface area contributed by atoms with Gasteiger partial charge < -0.3 is 9.87 Å². The maximum Gasteiger partial charge on any atom is 0.329 e. The Morgan fingerprint density at radius 3 is 2.42 bits per heavy atom. The fourth-order valence-corrected chi connectivity index (χ4v) is 5.59. The molecule has 1 aliphatic heterocycles. The van der Waals surface area contributed by atoms with Crippen LogP contribution in [0.25, 0.3) is 0 Å². The molecule has 0 saturated heterocycles. The lowest BCUT2D eigenvalue weighted by atomic mass is 10.1. The third-order valence-electron chi connectivity index (χ3n) is 2.38. The lowest BCUT2D eigenvalue weighted by Crippen LogP contribution is -2.62. The molecule has 0 saturated carbocycles. The number of rotatable bonds is 5. The van der Waals surface area contributed by atoms with Gasteiger partial charge in [0.1, 0.15) is 5.75 Å². The van der Waals surface area contributed by atoms with Gasteiger partial charge in [0.05, 0.1) is 0 Å². The monoisotopic (exact) mass is 306 g/mol. The van der Waals surface area contributed by atoms with E-state index in [4.69, 9.17) is 0 Å². The van der Waals surface area contributed by atoms with Crippen LogP contribution in [-0.2, 0) is 21.2 Å². The second kappa shape index (κ2) is 5.87. The fraction of sp³-hybridized carbons (Fsp3) is 0.667. The van der Waals surface area contributed by atoms with Crippen LogP contribution in [0.4, 0.5) is 0 Å². The molecule has 0 aromatic rings. The molecule has 1 aliphatic rings. The third-order valence-corrected chi connectivity index (χ3v) is 7.23. The van der Waals surface area contributed by atoms with Crippen molar-refractivity contribution in [3.05, 3.63) is 24.4 Å². The molecule has 0 spiro atoms. The van der Waals surface area contributed by atoms with E-state index >= 15 is 0 Å². The molecule has 0 aromatic carbocycles. The van der Waals surface area contributed by atoms with Gasteiger partial charge in [0, 0.05) is 17.8 Å². The Balaban J connectivity index is 3.18. The van der Waals surface area contributed by atoms with Crippen LogP contribution in [0.3, 0.4) is 0 Å². The number of allylic oxidation sites excluding steroid dienone is 2. The largest absolute Gasteiger partial charge is 0.613 e. The first kappa shape index (κ1) is 16.6. The zero-order valence-electron chi connectivity index (χ0n) is 11.8. The maximum absolute atomic E-state index is 12.6. The maximum atomic E-state index is 12.6. The first-order chi connectivity index (χ1) is 8.65. The Morgan fingerprint density at radius 2 is 2.00 bits per heavy atom. The quantitative estimate of drug-likeness (QED) is 0.748. The van der Waals surface area contributed by atoms with Crippen molar-refractivity contribution >= 4 is 21.2 Å². The van der Waals surface area contributed by atoms with Gasteiger partial charge in [-0.2, -0.15) is 0 Å². The molecule has 7 heteroatoms. The molecule has 0 aromatic heterocycles. The normalized spacial score (nSPS) is 25.1. The van der Waals surface area contributed by atoms with E-state index in [1.165, 1.54) is 12.3 Å². The molecule has 1 heterocycles. The van der Waals surface area contributed by atoms with Crippen LogP contribution in [0.15, 0.2) is 24.4 Å². The predicted molar refractivity (Wildman–Crippen MR) is 79.3 cm³/mol. The smallest absolute Gasteiger partial charge is 0.329 e. The minimum Gasteiger partial charge on any atom is -0.613 e. The van der Waals surface area contributed by atoms with E-state index in [-0.39, 0.29) is 0 Å². The summed E-state index contributed by atoms with van der Waals surface area (Å²) in [5.41, 5.74) is -0.626. The van der Waals surface area contributed by atoms with Gasteiger partial charge >= 0.3 is 4.20 Å². The molecule has 0 bridgehead atoms. The number of sulfonamides is 1. The number of dihydropyridines is 1. The Labute approximate surface area is 118 Å². The van der Waals surface area contributed by atoms with Crippen LogP contribution >= 0.6 is 0 Å². The molecule has 2 atom stereocenters. The molecule has 2 unspecified atom stereocenters. The summed E-state index contributed by atoms with van der Waals surface area (Å²) < 4.78 is 38.6. The molecule has 0 amide bonds. The van der Waals surface area contributed by atoms with Crippen LogP contribution in [0, 0.1) is 0 Å².